The predicted molar refractivity (Wildman–Crippen MR) is 80.5 cm³/mol. The summed E-state index contributed by atoms with van der Waals surface area (Å²) in [5.41, 5.74) is 6.30. The second-order valence-corrected chi connectivity index (χ2v) is 5.73. The first kappa shape index (κ1) is 13.9. The van der Waals surface area contributed by atoms with Gasteiger partial charge in [-0.05, 0) is 29.1 Å². The van der Waals surface area contributed by atoms with Crippen LogP contribution < -0.4 is 20.5 Å². The number of amides is 1. The molecule has 0 aliphatic carbocycles. The predicted octanol–water partition coefficient (Wildman–Crippen LogP) is 1.84. The van der Waals surface area contributed by atoms with Gasteiger partial charge in [0.25, 0.3) is 0 Å². The standard InChI is InChI=1S/C15H16N2O3S/c16-15(18)14(17-9-11-2-1-7-21-11)10-3-4-12-13(8-10)20-6-5-19-12/h1-4,7-8,14,17H,5-6,9H2,(H2,16,18). The number of nitrogens with two attached hydrogens (primary N) is 1. The van der Waals surface area contributed by atoms with E-state index < -0.39 is 11.9 Å². The average molecular weight is 304 g/mol. The highest BCUT2D eigenvalue weighted by Crippen LogP contribution is 2.32. The second-order valence-electron chi connectivity index (χ2n) is 4.70. The third-order valence-electron chi connectivity index (χ3n) is 3.24. The third kappa shape index (κ3) is 3.17. The summed E-state index contributed by atoms with van der Waals surface area (Å²) in [6, 6.07) is 8.90. The van der Waals surface area contributed by atoms with Crippen molar-refractivity contribution in [1.82, 2.24) is 5.32 Å². The number of hydrogen-bond donors (Lipinski definition) is 2. The number of fused-ring (bicyclic) bond motifs is 1. The molecule has 0 fully saturated rings. The first-order valence-corrected chi connectivity index (χ1v) is 7.56. The highest BCUT2D eigenvalue weighted by Gasteiger charge is 2.20. The Morgan fingerprint density at radius 1 is 1.29 bits per heavy atom. The summed E-state index contributed by atoms with van der Waals surface area (Å²) in [5.74, 6) is 0.942. The summed E-state index contributed by atoms with van der Waals surface area (Å²) in [5, 5.41) is 5.18. The van der Waals surface area contributed by atoms with E-state index in [0.29, 0.717) is 31.3 Å². The Hall–Kier alpha value is -2.05. The van der Waals surface area contributed by atoms with E-state index in [1.165, 1.54) is 0 Å². The van der Waals surface area contributed by atoms with Crippen molar-refractivity contribution in [2.75, 3.05) is 13.2 Å². The summed E-state index contributed by atoms with van der Waals surface area (Å²) in [7, 11) is 0. The molecule has 5 nitrogen and oxygen atoms in total. The Labute approximate surface area is 126 Å². The van der Waals surface area contributed by atoms with Gasteiger partial charge in [-0.1, -0.05) is 12.1 Å². The van der Waals surface area contributed by atoms with E-state index in [9.17, 15) is 4.79 Å². The van der Waals surface area contributed by atoms with Crippen molar-refractivity contribution in [3.63, 3.8) is 0 Å². The molecule has 1 unspecified atom stereocenters. The smallest absolute Gasteiger partial charge is 0.239 e. The summed E-state index contributed by atoms with van der Waals surface area (Å²) >= 11 is 1.64. The maximum Gasteiger partial charge on any atom is 0.239 e. The number of nitrogens with one attached hydrogen (secondary N) is 1. The lowest BCUT2D eigenvalue weighted by molar-refractivity contribution is -0.120. The Morgan fingerprint density at radius 2 is 2.10 bits per heavy atom. The quantitative estimate of drug-likeness (QED) is 0.884. The molecule has 1 aromatic heterocycles. The van der Waals surface area contributed by atoms with Gasteiger partial charge in [0.1, 0.15) is 19.3 Å². The molecule has 0 spiro atoms. The molecule has 1 aromatic carbocycles. The average Bonchev–Trinajstić information content (AvgIpc) is 3.00. The van der Waals surface area contributed by atoms with Crippen molar-refractivity contribution in [3.8, 4) is 11.5 Å². The molecule has 2 aromatic rings. The number of rotatable bonds is 5. The molecule has 1 aliphatic heterocycles. The zero-order chi connectivity index (χ0) is 14.7. The van der Waals surface area contributed by atoms with Crippen LogP contribution in [0, 0.1) is 0 Å². The van der Waals surface area contributed by atoms with E-state index in [4.69, 9.17) is 15.2 Å². The van der Waals surface area contributed by atoms with E-state index in [-0.39, 0.29) is 0 Å². The van der Waals surface area contributed by atoms with Crippen molar-refractivity contribution >= 4 is 17.2 Å². The number of ether oxygens (including phenoxy) is 2. The van der Waals surface area contributed by atoms with E-state index in [1.54, 1.807) is 11.3 Å². The molecule has 0 radical (unpaired) electrons. The molecular formula is C15H16N2O3S. The molecule has 1 amide bonds. The minimum atomic E-state index is -0.553. The topological polar surface area (TPSA) is 73.6 Å². The molecule has 0 saturated carbocycles. The van der Waals surface area contributed by atoms with Crippen LogP contribution in [-0.2, 0) is 11.3 Å². The Bertz CT molecular complexity index is 628. The van der Waals surface area contributed by atoms with Gasteiger partial charge in [0, 0.05) is 11.4 Å². The molecule has 1 atom stereocenters. The van der Waals surface area contributed by atoms with Crippen LogP contribution in [0.4, 0.5) is 0 Å². The zero-order valence-corrected chi connectivity index (χ0v) is 12.2. The summed E-state index contributed by atoms with van der Waals surface area (Å²) < 4.78 is 11.0. The van der Waals surface area contributed by atoms with E-state index in [0.717, 1.165) is 10.4 Å². The molecule has 0 bridgehead atoms. The fourth-order valence-electron chi connectivity index (χ4n) is 2.24. The lowest BCUT2D eigenvalue weighted by atomic mass is 10.1. The normalized spacial score (nSPS) is 14.7. The van der Waals surface area contributed by atoms with Gasteiger partial charge in [0.05, 0.1) is 0 Å². The van der Waals surface area contributed by atoms with E-state index in [2.05, 4.69) is 5.32 Å². The van der Waals surface area contributed by atoms with Crippen LogP contribution in [0.5, 0.6) is 11.5 Å². The molecule has 2 heterocycles. The van der Waals surface area contributed by atoms with Gasteiger partial charge in [-0.15, -0.1) is 11.3 Å². The lowest BCUT2D eigenvalue weighted by Gasteiger charge is -2.21. The number of thiophene rings is 1. The monoisotopic (exact) mass is 304 g/mol. The lowest BCUT2D eigenvalue weighted by Crippen LogP contribution is -2.33. The largest absolute Gasteiger partial charge is 0.486 e. The molecule has 0 saturated heterocycles. The first-order valence-electron chi connectivity index (χ1n) is 6.68. The maximum absolute atomic E-state index is 11.7. The first-order chi connectivity index (χ1) is 10.2. The minimum Gasteiger partial charge on any atom is -0.486 e. The van der Waals surface area contributed by atoms with Crippen LogP contribution in [0.2, 0.25) is 0 Å². The van der Waals surface area contributed by atoms with Crippen LogP contribution in [0.3, 0.4) is 0 Å². The van der Waals surface area contributed by atoms with Crippen LogP contribution in [0.15, 0.2) is 35.7 Å². The van der Waals surface area contributed by atoms with Gasteiger partial charge in [0.15, 0.2) is 11.5 Å². The minimum absolute atomic E-state index is 0.414. The highest BCUT2D eigenvalue weighted by molar-refractivity contribution is 7.09. The number of benzene rings is 1. The van der Waals surface area contributed by atoms with Crippen LogP contribution in [-0.4, -0.2) is 19.1 Å². The Balaban J connectivity index is 1.78. The Morgan fingerprint density at radius 3 is 2.81 bits per heavy atom. The molecular weight excluding hydrogens is 288 g/mol. The number of carbonyl (C=O) groups is 1. The van der Waals surface area contributed by atoms with Crippen molar-refractivity contribution in [2.45, 2.75) is 12.6 Å². The zero-order valence-electron chi connectivity index (χ0n) is 11.4. The molecule has 1 aliphatic rings. The van der Waals surface area contributed by atoms with Crippen molar-refractivity contribution in [1.29, 1.82) is 0 Å². The molecule has 3 rings (SSSR count). The molecule has 6 heteroatoms. The van der Waals surface area contributed by atoms with Gasteiger partial charge in [0.2, 0.25) is 5.91 Å². The molecule has 3 N–H and O–H groups in total. The van der Waals surface area contributed by atoms with Gasteiger partial charge in [-0.3, -0.25) is 10.1 Å². The van der Waals surface area contributed by atoms with Crippen LogP contribution in [0.25, 0.3) is 0 Å². The fraction of sp³-hybridized carbons (Fsp3) is 0.267. The fourth-order valence-corrected chi connectivity index (χ4v) is 2.89. The summed E-state index contributed by atoms with van der Waals surface area (Å²) in [6.45, 7) is 1.66. The maximum atomic E-state index is 11.7. The van der Waals surface area contributed by atoms with Gasteiger partial charge in [-0.25, -0.2) is 0 Å². The molecule has 21 heavy (non-hydrogen) atoms. The van der Waals surface area contributed by atoms with Crippen molar-refractivity contribution in [2.24, 2.45) is 5.73 Å². The summed E-state index contributed by atoms with van der Waals surface area (Å²) in [6.07, 6.45) is 0. The Kier molecular flexibility index (Phi) is 4.08. The number of carbonyl (C=O) groups excluding carboxylic acids is 1. The number of primary amides is 1. The van der Waals surface area contributed by atoms with Gasteiger partial charge >= 0.3 is 0 Å². The SMILES string of the molecule is NC(=O)C(NCc1cccs1)c1ccc2c(c1)OCCO2. The third-order valence-corrected chi connectivity index (χ3v) is 4.12. The van der Waals surface area contributed by atoms with Crippen molar-refractivity contribution in [3.05, 3.63) is 46.2 Å². The van der Waals surface area contributed by atoms with Gasteiger partial charge < -0.3 is 15.2 Å². The van der Waals surface area contributed by atoms with Gasteiger partial charge in [-0.2, -0.15) is 0 Å². The second kappa shape index (κ2) is 6.15. The van der Waals surface area contributed by atoms with Crippen molar-refractivity contribution < 1.29 is 14.3 Å². The highest BCUT2D eigenvalue weighted by atomic mass is 32.1. The summed E-state index contributed by atoms with van der Waals surface area (Å²) in [4.78, 5) is 12.9. The van der Waals surface area contributed by atoms with E-state index in [1.807, 2.05) is 35.7 Å². The van der Waals surface area contributed by atoms with Crippen LogP contribution >= 0.6 is 11.3 Å². The van der Waals surface area contributed by atoms with Crippen LogP contribution in [0.1, 0.15) is 16.5 Å². The van der Waals surface area contributed by atoms with E-state index >= 15 is 0 Å². The number of hydrogen-bond acceptors (Lipinski definition) is 5. The molecule has 110 valence electrons.